The van der Waals surface area contributed by atoms with Crippen LogP contribution in [0.2, 0.25) is 0 Å². The number of sulfone groups is 1. The Morgan fingerprint density at radius 1 is 1.32 bits per heavy atom. The molecule has 2 aromatic rings. The highest BCUT2D eigenvalue weighted by molar-refractivity contribution is 7.91. The molecule has 3 rings (SSSR count). The Kier molecular flexibility index (Phi) is 3.61. The average molecular weight is 325 g/mol. The maximum absolute atomic E-state index is 12.8. The molecule has 1 unspecified atom stereocenters. The number of tetrazole rings is 1. The van der Waals surface area contributed by atoms with Gasteiger partial charge in [0.2, 0.25) is 0 Å². The predicted octanol–water partition coefficient (Wildman–Crippen LogP) is -0.282. The van der Waals surface area contributed by atoms with E-state index in [4.69, 9.17) is 0 Å². The number of hydrogen-bond donors (Lipinski definition) is 1. The zero-order valence-electron chi connectivity index (χ0n) is 11.3. The average Bonchev–Trinajstić information content (AvgIpc) is 3.06. The van der Waals surface area contributed by atoms with Crippen molar-refractivity contribution in [3.8, 4) is 5.69 Å². The van der Waals surface area contributed by atoms with Crippen LogP contribution in [0.5, 0.6) is 0 Å². The molecule has 1 atom stereocenters. The summed E-state index contributed by atoms with van der Waals surface area (Å²) in [6.07, 6.45) is 0.375. The lowest BCUT2D eigenvalue weighted by Gasteiger charge is -2.07. The van der Waals surface area contributed by atoms with Crippen LogP contribution in [0.4, 0.5) is 4.39 Å². The summed E-state index contributed by atoms with van der Waals surface area (Å²) in [5, 5.41) is 13.8. The summed E-state index contributed by atoms with van der Waals surface area (Å²) < 4.78 is 35.5. The van der Waals surface area contributed by atoms with Crippen molar-refractivity contribution in [3.05, 3.63) is 35.9 Å². The molecular weight excluding hydrogens is 313 g/mol. The molecule has 1 N–H and O–H groups in total. The van der Waals surface area contributed by atoms with Gasteiger partial charge in [-0.1, -0.05) is 0 Å². The van der Waals surface area contributed by atoms with Crippen LogP contribution in [-0.2, 0) is 9.84 Å². The second-order valence-corrected chi connectivity index (χ2v) is 7.18. The van der Waals surface area contributed by atoms with Gasteiger partial charge >= 0.3 is 0 Å². The van der Waals surface area contributed by atoms with Gasteiger partial charge in [-0.3, -0.25) is 4.79 Å². The van der Waals surface area contributed by atoms with E-state index in [0.29, 0.717) is 12.1 Å². The molecule has 1 fully saturated rings. The first kappa shape index (κ1) is 14.6. The van der Waals surface area contributed by atoms with Crippen LogP contribution < -0.4 is 5.32 Å². The van der Waals surface area contributed by atoms with E-state index in [1.165, 1.54) is 24.3 Å². The van der Waals surface area contributed by atoms with Crippen LogP contribution in [0, 0.1) is 5.82 Å². The molecule has 1 amide bonds. The number of nitrogens with one attached hydrogen (secondary N) is 1. The van der Waals surface area contributed by atoms with Crippen molar-refractivity contribution in [2.75, 3.05) is 11.5 Å². The standard InChI is InChI=1S/C12H12FN5O3S/c13-8-1-3-10(4-2-8)18-16-11(15-17-18)12(19)14-9-5-6-22(20,21)7-9/h1-4,9H,5-7H2,(H,14,19). The highest BCUT2D eigenvalue weighted by Crippen LogP contribution is 2.11. The van der Waals surface area contributed by atoms with E-state index in [1.807, 2.05) is 0 Å². The van der Waals surface area contributed by atoms with Crippen LogP contribution in [0.1, 0.15) is 17.0 Å². The summed E-state index contributed by atoms with van der Waals surface area (Å²) in [6, 6.07) is 4.93. The van der Waals surface area contributed by atoms with E-state index in [2.05, 4.69) is 20.7 Å². The topological polar surface area (TPSA) is 107 Å². The molecule has 1 aliphatic heterocycles. The predicted molar refractivity (Wildman–Crippen MR) is 73.6 cm³/mol. The van der Waals surface area contributed by atoms with E-state index < -0.39 is 27.6 Å². The number of rotatable bonds is 3. The monoisotopic (exact) mass is 325 g/mol. The SMILES string of the molecule is O=C(NC1CCS(=O)(=O)C1)c1nnn(-c2ccc(F)cc2)n1. The zero-order chi connectivity index (χ0) is 15.7. The Morgan fingerprint density at radius 3 is 2.68 bits per heavy atom. The number of carbonyl (C=O) groups is 1. The summed E-state index contributed by atoms with van der Waals surface area (Å²) in [4.78, 5) is 13.1. The minimum absolute atomic E-state index is 0.0631. The van der Waals surface area contributed by atoms with Gasteiger partial charge in [0.25, 0.3) is 11.7 Å². The van der Waals surface area contributed by atoms with E-state index >= 15 is 0 Å². The molecule has 1 saturated heterocycles. The highest BCUT2D eigenvalue weighted by atomic mass is 32.2. The van der Waals surface area contributed by atoms with Gasteiger partial charge in [0.1, 0.15) is 5.82 Å². The molecule has 2 heterocycles. The normalized spacial score (nSPS) is 20.0. The zero-order valence-corrected chi connectivity index (χ0v) is 12.1. The van der Waals surface area contributed by atoms with Gasteiger partial charge in [-0.2, -0.15) is 0 Å². The quantitative estimate of drug-likeness (QED) is 0.831. The second kappa shape index (κ2) is 5.44. The number of nitrogens with zero attached hydrogens (tertiary/aromatic N) is 4. The Balaban J connectivity index is 1.71. The highest BCUT2D eigenvalue weighted by Gasteiger charge is 2.30. The van der Waals surface area contributed by atoms with Crippen molar-refractivity contribution in [1.82, 2.24) is 25.5 Å². The van der Waals surface area contributed by atoms with E-state index in [-0.39, 0.29) is 17.3 Å². The maximum Gasteiger partial charge on any atom is 0.293 e. The molecular formula is C12H12FN5O3S. The fourth-order valence-electron chi connectivity index (χ4n) is 2.15. The van der Waals surface area contributed by atoms with Gasteiger partial charge in [0.05, 0.1) is 17.2 Å². The van der Waals surface area contributed by atoms with Gasteiger partial charge in [0.15, 0.2) is 9.84 Å². The van der Waals surface area contributed by atoms with E-state index in [1.54, 1.807) is 0 Å². The van der Waals surface area contributed by atoms with Crippen LogP contribution in [0.15, 0.2) is 24.3 Å². The number of amides is 1. The molecule has 0 spiro atoms. The molecule has 0 bridgehead atoms. The first-order chi connectivity index (χ1) is 10.4. The Bertz CT molecular complexity index is 802. The van der Waals surface area contributed by atoms with Crippen molar-refractivity contribution in [3.63, 3.8) is 0 Å². The lowest BCUT2D eigenvalue weighted by Crippen LogP contribution is -2.36. The maximum atomic E-state index is 12.8. The van der Waals surface area contributed by atoms with Crippen molar-refractivity contribution in [2.24, 2.45) is 0 Å². The Labute approximate surface area is 125 Å². The van der Waals surface area contributed by atoms with Crippen LogP contribution in [0.25, 0.3) is 5.69 Å². The Morgan fingerprint density at radius 2 is 2.05 bits per heavy atom. The van der Waals surface area contributed by atoms with E-state index in [9.17, 15) is 17.6 Å². The largest absolute Gasteiger partial charge is 0.345 e. The smallest absolute Gasteiger partial charge is 0.293 e. The molecule has 0 saturated carbocycles. The molecule has 22 heavy (non-hydrogen) atoms. The number of benzene rings is 1. The molecule has 1 aliphatic rings. The minimum atomic E-state index is -3.08. The summed E-state index contributed by atoms with van der Waals surface area (Å²) in [5.74, 6) is -1.17. The molecule has 0 aliphatic carbocycles. The number of halogens is 1. The van der Waals surface area contributed by atoms with Gasteiger partial charge in [-0.05, 0) is 35.9 Å². The Hall–Kier alpha value is -2.36. The van der Waals surface area contributed by atoms with Crippen molar-refractivity contribution in [2.45, 2.75) is 12.5 Å². The van der Waals surface area contributed by atoms with Crippen LogP contribution in [-0.4, -0.2) is 52.1 Å². The van der Waals surface area contributed by atoms with Gasteiger partial charge in [0, 0.05) is 6.04 Å². The van der Waals surface area contributed by atoms with Crippen LogP contribution in [0.3, 0.4) is 0 Å². The van der Waals surface area contributed by atoms with Crippen LogP contribution >= 0.6 is 0 Å². The summed E-state index contributed by atoms with van der Waals surface area (Å²) in [7, 11) is -3.08. The lowest BCUT2D eigenvalue weighted by atomic mass is 10.2. The third kappa shape index (κ3) is 3.11. The summed E-state index contributed by atoms with van der Waals surface area (Å²) >= 11 is 0. The third-order valence-corrected chi connectivity index (χ3v) is 5.01. The molecule has 1 aromatic heterocycles. The van der Waals surface area contributed by atoms with Crippen molar-refractivity contribution < 1.29 is 17.6 Å². The second-order valence-electron chi connectivity index (χ2n) is 4.95. The van der Waals surface area contributed by atoms with Crippen molar-refractivity contribution in [1.29, 1.82) is 0 Å². The number of hydrogen-bond acceptors (Lipinski definition) is 6. The van der Waals surface area contributed by atoms with Gasteiger partial charge in [-0.25, -0.2) is 12.8 Å². The van der Waals surface area contributed by atoms with E-state index in [0.717, 1.165) is 4.80 Å². The minimum Gasteiger partial charge on any atom is -0.345 e. The molecule has 0 radical (unpaired) electrons. The first-order valence-corrected chi connectivity index (χ1v) is 8.32. The van der Waals surface area contributed by atoms with Gasteiger partial charge in [-0.15, -0.1) is 15.0 Å². The molecule has 10 heteroatoms. The molecule has 1 aromatic carbocycles. The van der Waals surface area contributed by atoms with Gasteiger partial charge < -0.3 is 5.32 Å². The first-order valence-electron chi connectivity index (χ1n) is 6.50. The summed E-state index contributed by atoms with van der Waals surface area (Å²) in [6.45, 7) is 0. The lowest BCUT2D eigenvalue weighted by molar-refractivity contribution is 0.0930. The molecule has 116 valence electrons. The number of carbonyl (C=O) groups excluding carboxylic acids is 1. The summed E-state index contributed by atoms with van der Waals surface area (Å²) in [5.41, 5.74) is 0.455. The fourth-order valence-corrected chi connectivity index (χ4v) is 3.82. The fraction of sp³-hybridized carbons (Fsp3) is 0.333. The number of aromatic nitrogens is 4. The third-order valence-electron chi connectivity index (χ3n) is 3.24. The molecule has 8 nitrogen and oxygen atoms in total. The van der Waals surface area contributed by atoms with Crippen molar-refractivity contribution >= 4 is 15.7 Å².